The molecule has 1 aliphatic rings. The van der Waals surface area contributed by atoms with Crippen molar-refractivity contribution in [1.82, 2.24) is 20.6 Å². The van der Waals surface area contributed by atoms with Gasteiger partial charge in [-0.3, -0.25) is 9.98 Å². The van der Waals surface area contributed by atoms with Gasteiger partial charge in [0.1, 0.15) is 18.2 Å². The summed E-state index contributed by atoms with van der Waals surface area (Å²) in [6, 6.07) is 7.74. The summed E-state index contributed by atoms with van der Waals surface area (Å²) in [4.78, 5) is 14.9. The molecular weight excluding hydrogens is 352 g/mol. The monoisotopic (exact) mass is 374 g/mol. The summed E-state index contributed by atoms with van der Waals surface area (Å²) in [6.45, 7) is 2.93. The summed E-state index contributed by atoms with van der Waals surface area (Å²) in [6.07, 6.45) is 6.19. The zero-order chi connectivity index (χ0) is 18.2. The van der Waals surface area contributed by atoms with Gasteiger partial charge in [-0.05, 0) is 30.7 Å². The summed E-state index contributed by atoms with van der Waals surface area (Å²) < 4.78 is 5.62. The van der Waals surface area contributed by atoms with Crippen molar-refractivity contribution in [3.05, 3.63) is 47.9 Å². The van der Waals surface area contributed by atoms with Crippen molar-refractivity contribution in [2.45, 2.75) is 12.5 Å². The van der Waals surface area contributed by atoms with Crippen LogP contribution in [0.5, 0.6) is 5.75 Å². The average molecular weight is 375 g/mol. The van der Waals surface area contributed by atoms with Crippen LogP contribution in [0.1, 0.15) is 6.42 Å². The Balaban J connectivity index is 1.42. The number of halogens is 1. The Morgan fingerprint density at radius 3 is 3.04 bits per heavy atom. The number of nitrogens with zero attached hydrogens (tertiary/aromatic N) is 4. The first-order chi connectivity index (χ1) is 12.8. The SMILES string of the molecule is CN=C(NCCOc1cccnc1)NC1CCN(c2ncccc2Cl)C1. The molecular formula is C18H23ClN6O. The highest BCUT2D eigenvalue weighted by molar-refractivity contribution is 6.32. The molecule has 8 heteroatoms. The minimum absolute atomic E-state index is 0.290. The number of rotatable bonds is 6. The topological polar surface area (TPSA) is 74.7 Å². The minimum Gasteiger partial charge on any atom is -0.490 e. The maximum absolute atomic E-state index is 6.24. The van der Waals surface area contributed by atoms with Crippen LogP contribution in [0.25, 0.3) is 0 Å². The van der Waals surface area contributed by atoms with Gasteiger partial charge < -0.3 is 20.3 Å². The van der Waals surface area contributed by atoms with Crippen LogP contribution in [0.15, 0.2) is 47.8 Å². The van der Waals surface area contributed by atoms with E-state index in [0.29, 0.717) is 24.2 Å². The first-order valence-electron chi connectivity index (χ1n) is 8.61. The lowest BCUT2D eigenvalue weighted by Gasteiger charge is -2.20. The zero-order valence-electron chi connectivity index (χ0n) is 14.7. The highest BCUT2D eigenvalue weighted by atomic mass is 35.5. The fraction of sp³-hybridized carbons (Fsp3) is 0.389. The molecule has 0 spiro atoms. The molecule has 0 amide bonds. The summed E-state index contributed by atoms with van der Waals surface area (Å²) in [7, 11) is 1.76. The van der Waals surface area contributed by atoms with Gasteiger partial charge in [0, 0.05) is 38.6 Å². The van der Waals surface area contributed by atoms with Gasteiger partial charge in [-0.15, -0.1) is 0 Å². The van der Waals surface area contributed by atoms with Crippen LogP contribution in [0, 0.1) is 0 Å². The molecule has 0 bridgehead atoms. The van der Waals surface area contributed by atoms with Crippen molar-refractivity contribution in [2.24, 2.45) is 4.99 Å². The molecule has 3 rings (SSSR count). The van der Waals surface area contributed by atoms with E-state index in [-0.39, 0.29) is 0 Å². The molecule has 0 radical (unpaired) electrons. The summed E-state index contributed by atoms with van der Waals surface area (Å²) >= 11 is 6.24. The highest BCUT2D eigenvalue weighted by Gasteiger charge is 2.25. The van der Waals surface area contributed by atoms with E-state index < -0.39 is 0 Å². The van der Waals surface area contributed by atoms with Gasteiger partial charge in [-0.2, -0.15) is 0 Å². The highest BCUT2D eigenvalue weighted by Crippen LogP contribution is 2.25. The van der Waals surface area contributed by atoms with Crippen LogP contribution in [0.3, 0.4) is 0 Å². The van der Waals surface area contributed by atoms with Gasteiger partial charge >= 0.3 is 0 Å². The predicted octanol–water partition coefficient (Wildman–Crippen LogP) is 1.95. The van der Waals surface area contributed by atoms with Crippen molar-refractivity contribution in [2.75, 3.05) is 38.2 Å². The number of aromatic nitrogens is 2. The molecule has 2 N–H and O–H groups in total. The van der Waals surface area contributed by atoms with E-state index in [0.717, 1.165) is 37.0 Å². The predicted molar refractivity (Wildman–Crippen MR) is 104 cm³/mol. The van der Waals surface area contributed by atoms with Gasteiger partial charge in [-0.25, -0.2) is 4.98 Å². The van der Waals surface area contributed by atoms with Crippen molar-refractivity contribution in [1.29, 1.82) is 0 Å². The Labute approximate surface area is 158 Å². The Bertz CT molecular complexity index is 727. The standard InChI is InChI=1S/C18H23ClN6O/c1-20-18(23-9-11-26-15-4-2-7-21-12-15)24-14-6-10-25(13-14)17-16(19)5-3-8-22-17/h2-5,7-8,12,14H,6,9-11,13H2,1H3,(H2,20,23,24). The quantitative estimate of drug-likeness (QED) is 0.457. The summed E-state index contributed by atoms with van der Waals surface area (Å²) in [5, 5.41) is 7.39. The number of hydrogen-bond donors (Lipinski definition) is 2. The van der Waals surface area contributed by atoms with Crippen molar-refractivity contribution in [3.8, 4) is 5.75 Å². The van der Waals surface area contributed by atoms with Gasteiger partial charge in [0.15, 0.2) is 5.96 Å². The van der Waals surface area contributed by atoms with Crippen LogP contribution in [-0.2, 0) is 0 Å². The molecule has 0 aromatic carbocycles. The number of guanidine groups is 1. The average Bonchev–Trinajstić information content (AvgIpc) is 3.13. The van der Waals surface area contributed by atoms with E-state index in [1.165, 1.54) is 0 Å². The molecule has 2 aromatic heterocycles. The van der Waals surface area contributed by atoms with Crippen LogP contribution in [-0.4, -0.2) is 55.3 Å². The third-order valence-corrected chi connectivity index (χ3v) is 4.38. The second kappa shape index (κ2) is 9.24. The lowest BCUT2D eigenvalue weighted by atomic mass is 10.3. The molecule has 1 unspecified atom stereocenters. The maximum atomic E-state index is 6.24. The third kappa shape index (κ3) is 4.98. The van der Waals surface area contributed by atoms with E-state index in [4.69, 9.17) is 16.3 Å². The van der Waals surface area contributed by atoms with Gasteiger partial charge in [0.2, 0.25) is 0 Å². The van der Waals surface area contributed by atoms with Gasteiger partial charge in [-0.1, -0.05) is 11.6 Å². The fourth-order valence-corrected chi connectivity index (χ4v) is 3.08. The second-order valence-electron chi connectivity index (χ2n) is 5.92. The Morgan fingerprint density at radius 2 is 2.27 bits per heavy atom. The van der Waals surface area contributed by atoms with Gasteiger partial charge in [0.25, 0.3) is 0 Å². The first kappa shape index (κ1) is 18.3. The number of anilines is 1. The molecule has 3 heterocycles. The number of nitrogens with one attached hydrogen (secondary N) is 2. The lowest BCUT2D eigenvalue weighted by Crippen LogP contribution is -2.45. The van der Waals surface area contributed by atoms with E-state index in [9.17, 15) is 0 Å². The molecule has 1 saturated heterocycles. The molecule has 1 aliphatic heterocycles. The third-order valence-electron chi connectivity index (χ3n) is 4.09. The summed E-state index contributed by atoms with van der Waals surface area (Å²) in [5.41, 5.74) is 0. The Kier molecular flexibility index (Phi) is 6.49. The Hall–Kier alpha value is -2.54. The molecule has 0 aliphatic carbocycles. The van der Waals surface area contributed by atoms with Crippen molar-refractivity contribution < 1.29 is 4.74 Å². The van der Waals surface area contributed by atoms with E-state index in [2.05, 4.69) is 30.5 Å². The largest absolute Gasteiger partial charge is 0.490 e. The lowest BCUT2D eigenvalue weighted by molar-refractivity contribution is 0.320. The molecule has 2 aromatic rings. The van der Waals surface area contributed by atoms with Crippen molar-refractivity contribution >= 4 is 23.4 Å². The Morgan fingerprint density at radius 1 is 1.38 bits per heavy atom. The van der Waals surface area contributed by atoms with E-state index >= 15 is 0 Å². The molecule has 26 heavy (non-hydrogen) atoms. The van der Waals surface area contributed by atoms with Gasteiger partial charge in [0.05, 0.1) is 17.8 Å². The maximum Gasteiger partial charge on any atom is 0.191 e. The van der Waals surface area contributed by atoms with E-state index in [1.54, 1.807) is 25.6 Å². The molecule has 1 fully saturated rings. The fourth-order valence-electron chi connectivity index (χ4n) is 2.84. The van der Waals surface area contributed by atoms with Crippen LogP contribution in [0.2, 0.25) is 5.02 Å². The molecule has 7 nitrogen and oxygen atoms in total. The first-order valence-corrected chi connectivity index (χ1v) is 8.99. The molecule has 0 saturated carbocycles. The smallest absolute Gasteiger partial charge is 0.191 e. The number of hydrogen-bond acceptors (Lipinski definition) is 5. The van der Waals surface area contributed by atoms with Crippen LogP contribution < -0.4 is 20.3 Å². The van der Waals surface area contributed by atoms with Crippen LogP contribution in [0.4, 0.5) is 5.82 Å². The number of pyridine rings is 2. The normalized spacial score (nSPS) is 17.2. The van der Waals surface area contributed by atoms with Crippen molar-refractivity contribution in [3.63, 3.8) is 0 Å². The van der Waals surface area contributed by atoms with E-state index in [1.807, 2.05) is 24.3 Å². The minimum atomic E-state index is 0.290. The van der Waals surface area contributed by atoms with Crippen LogP contribution >= 0.6 is 11.6 Å². The second-order valence-corrected chi connectivity index (χ2v) is 6.33. The zero-order valence-corrected chi connectivity index (χ0v) is 15.5. The number of aliphatic imine (C=N–C) groups is 1. The molecule has 138 valence electrons. The molecule has 1 atom stereocenters. The number of ether oxygens (including phenoxy) is 1. The summed E-state index contributed by atoms with van der Waals surface area (Å²) in [5.74, 6) is 2.36.